The third kappa shape index (κ3) is 4.34. The molecule has 3 fully saturated rings. The maximum Gasteiger partial charge on any atom is 0.224 e. The zero-order chi connectivity index (χ0) is 24.0. The van der Waals surface area contributed by atoms with Crippen LogP contribution in [-0.2, 0) is 26.4 Å². The third-order valence-electron chi connectivity index (χ3n) is 6.97. The summed E-state index contributed by atoms with van der Waals surface area (Å²) in [6.45, 7) is -0.557. The summed E-state index contributed by atoms with van der Waals surface area (Å²) in [6.07, 6.45) is -3.00. The van der Waals surface area contributed by atoms with Crippen LogP contribution < -0.4 is 4.74 Å². The van der Waals surface area contributed by atoms with Gasteiger partial charge in [0.15, 0.2) is 6.29 Å². The smallest absolute Gasteiger partial charge is 0.224 e. The lowest BCUT2D eigenvalue weighted by Crippen LogP contribution is -2.64. The van der Waals surface area contributed by atoms with E-state index in [1.54, 1.807) is 18.2 Å². The van der Waals surface area contributed by atoms with Crippen LogP contribution in [-0.4, -0.2) is 71.0 Å². The molecular formula is C25H29ClO8. The van der Waals surface area contributed by atoms with Crippen LogP contribution in [0.3, 0.4) is 0 Å². The monoisotopic (exact) mass is 492 g/mol. The molecule has 0 bridgehead atoms. The van der Waals surface area contributed by atoms with Gasteiger partial charge in [0.2, 0.25) is 5.79 Å². The molecule has 2 aromatic rings. The third-order valence-corrected chi connectivity index (χ3v) is 7.34. The molecule has 2 heterocycles. The summed E-state index contributed by atoms with van der Waals surface area (Å²) in [7, 11) is 1.33. The maximum absolute atomic E-state index is 10.7. The lowest BCUT2D eigenvalue weighted by molar-refractivity contribution is -0.366. The van der Waals surface area contributed by atoms with Gasteiger partial charge in [0.25, 0.3) is 0 Å². The summed E-state index contributed by atoms with van der Waals surface area (Å²) in [5.41, 5.74) is 2.14. The molecule has 1 aliphatic carbocycles. The van der Waals surface area contributed by atoms with E-state index in [-0.39, 0.29) is 6.29 Å². The molecule has 1 unspecified atom stereocenters. The fraction of sp³-hybridized carbons (Fsp3) is 0.520. The van der Waals surface area contributed by atoms with Gasteiger partial charge in [-0.2, -0.15) is 0 Å². The second-order valence-corrected chi connectivity index (χ2v) is 9.62. The van der Waals surface area contributed by atoms with Crippen molar-refractivity contribution in [2.75, 3.05) is 13.7 Å². The Kier molecular flexibility index (Phi) is 6.60. The number of aliphatic hydroxyl groups excluding tert-OH is 4. The predicted molar refractivity (Wildman–Crippen MR) is 121 cm³/mol. The van der Waals surface area contributed by atoms with Crippen LogP contribution in [0.5, 0.6) is 5.75 Å². The highest BCUT2D eigenvalue weighted by molar-refractivity contribution is 6.31. The van der Waals surface area contributed by atoms with Gasteiger partial charge >= 0.3 is 0 Å². The molecule has 1 saturated carbocycles. The van der Waals surface area contributed by atoms with Crippen molar-refractivity contribution in [1.82, 2.24) is 0 Å². The largest absolute Gasteiger partial charge is 0.465 e. The normalized spacial score (nSPS) is 36.8. The molecule has 4 N–H and O–H groups in total. The van der Waals surface area contributed by atoms with Gasteiger partial charge in [-0.1, -0.05) is 29.8 Å². The van der Waals surface area contributed by atoms with Crippen LogP contribution in [0.25, 0.3) is 0 Å². The average Bonchev–Trinajstić information content (AvgIpc) is 3.46. The molecule has 0 aromatic heterocycles. The average molecular weight is 493 g/mol. The van der Waals surface area contributed by atoms with E-state index in [1.165, 1.54) is 7.11 Å². The zero-order valence-corrected chi connectivity index (χ0v) is 19.5. The van der Waals surface area contributed by atoms with Gasteiger partial charge in [0.05, 0.1) is 12.7 Å². The van der Waals surface area contributed by atoms with Crippen LogP contribution >= 0.6 is 11.6 Å². The van der Waals surface area contributed by atoms with Crippen molar-refractivity contribution in [3.63, 3.8) is 0 Å². The summed E-state index contributed by atoms with van der Waals surface area (Å²) in [5.74, 6) is -0.391. The fourth-order valence-electron chi connectivity index (χ4n) is 4.86. The Bertz CT molecular complexity index is 1000. The minimum Gasteiger partial charge on any atom is -0.465 e. The number of hydrogen-bond acceptors (Lipinski definition) is 8. The summed E-state index contributed by atoms with van der Waals surface area (Å²) in [4.78, 5) is 0. The fourth-order valence-corrected chi connectivity index (χ4v) is 5.04. The van der Waals surface area contributed by atoms with Gasteiger partial charge in [0, 0.05) is 24.1 Å². The van der Waals surface area contributed by atoms with E-state index in [9.17, 15) is 20.4 Å². The molecular weight excluding hydrogens is 464 g/mol. The zero-order valence-electron chi connectivity index (χ0n) is 18.7. The van der Waals surface area contributed by atoms with E-state index < -0.39 is 36.8 Å². The summed E-state index contributed by atoms with van der Waals surface area (Å²) in [5, 5.41) is 41.3. The number of fused-ring (bicyclic) bond motifs is 1. The van der Waals surface area contributed by atoms with Crippen molar-refractivity contribution < 1.29 is 39.4 Å². The van der Waals surface area contributed by atoms with E-state index in [1.807, 2.05) is 24.3 Å². The Labute approximate surface area is 202 Å². The molecule has 34 heavy (non-hydrogen) atoms. The molecule has 8 nitrogen and oxygen atoms in total. The van der Waals surface area contributed by atoms with Crippen molar-refractivity contribution in [3.05, 3.63) is 64.2 Å². The van der Waals surface area contributed by atoms with Crippen LogP contribution in [0.15, 0.2) is 42.5 Å². The second-order valence-electron chi connectivity index (χ2n) is 9.22. The first-order chi connectivity index (χ1) is 16.3. The molecule has 8 atom stereocenters. The van der Waals surface area contributed by atoms with Gasteiger partial charge in [-0.15, -0.1) is 0 Å². The molecule has 5 rings (SSSR count). The van der Waals surface area contributed by atoms with E-state index in [4.69, 9.17) is 30.5 Å². The highest BCUT2D eigenvalue weighted by Gasteiger charge is 2.55. The van der Waals surface area contributed by atoms with Crippen molar-refractivity contribution in [2.24, 2.45) is 5.92 Å². The quantitative estimate of drug-likeness (QED) is 0.461. The highest BCUT2D eigenvalue weighted by Crippen LogP contribution is 2.46. The standard InChI is InChI=1S/C25H29ClO8/c1-31-25(24(30)23(29)22(28)20(12-27)34-25)16-4-7-18(26)14(9-16)8-13-2-5-17(6-3-13)32-21-11-15-10-19(15)33-21/h2-7,9,15,19-24,27-30H,8,10-12H2,1H3/t15-,19-,20+,21+,22+,23-,24+,25?/m0/s1. The predicted octanol–water partition coefficient (Wildman–Crippen LogP) is 1.72. The molecule has 0 amide bonds. The Hall–Kier alpha value is -1.75. The molecule has 2 aromatic carbocycles. The summed E-state index contributed by atoms with van der Waals surface area (Å²) >= 11 is 6.47. The van der Waals surface area contributed by atoms with Crippen LogP contribution in [0, 0.1) is 5.92 Å². The minimum atomic E-state index is -1.79. The molecule has 0 radical (unpaired) electrons. The maximum atomic E-state index is 10.7. The molecule has 3 aliphatic rings. The van der Waals surface area contributed by atoms with Crippen molar-refractivity contribution in [1.29, 1.82) is 0 Å². The van der Waals surface area contributed by atoms with Gasteiger partial charge in [-0.05, 0) is 54.2 Å². The minimum absolute atomic E-state index is 0.176. The summed E-state index contributed by atoms with van der Waals surface area (Å²) < 4.78 is 23.0. The lowest BCUT2D eigenvalue weighted by atomic mass is 9.87. The van der Waals surface area contributed by atoms with Crippen LogP contribution in [0.4, 0.5) is 0 Å². The number of aliphatic hydroxyl groups is 4. The second kappa shape index (κ2) is 9.37. The number of methoxy groups -OCH3 is 1. The lowest BCUT2D eigenvalue weighted by Gasteiger charge is -2.47. The van der Waals surface area contributed by atoms with Gasteiger partial charge in [-0.3, -0.25) is 0 Å². The van der Waals surface area contributed by atoms with E-state index in [0.717, 1.165) is 29.7 Å². The number of halogens is 1. The number of hydrogen-bond donors (Lipinski definition) is 4. The first-order valence-corrected chi connectivity index (χ1v) is 11.8. The van der Waals surface area contributed by atoms with Gasteiger partial charge in [-0.25, -0.2) is 0 Å². The SMILES string of the molecule is COC1(c2ccc(Cl)c(Cc3ccc(O[C@H]4C[C@@H]5C[C@@H]5O4)cc3)c2)O[C@H](CO)[C@@H](O)[C@H](O)[C@H]1O. The van der Waals surface area contributed by atoms with Gasteiger partial charge in [0.1, 0.15) is 30.2 Å². The molecule has 9 heteroatoms. The topological polar surface area (TPSA) is 118 Å². The first kappa shape index (κ1) is 24.0. The molecule has 2 saturated heterocycles. The van der Waals surface area contributed by atoms with Crippen molar-refractivity contribution in [3.8, 4) is 5.75 Å². The van der Waals surface area contributed by atoms with Crippen LogP contribution in [0.1, 0.15) is 29.5 Å². The summed E-state index contributed by atoms with van der Waals surface area (Å²) in [6, 6.07) is 12.7. The number of rotatable bonds is 7. The Morgan fingerprint density at radius 2 is 1.82 bits per heavy atom. The highest BCUT2D eigenvalue weighted by atomic mass is 35.5. The number of benzene rings is 2. The Morgan fingerprint density at radius 3 is 2.47 bits per heavy atom. The van der Waals surface area contributed by atoms with Crippen LogP contribution in [0.2, 0.25) is 5.02 Å². The molecule has 184 valence electrons. The van der Waals surface area contributed by atoms with Crippen molar-refractivity contribution in [2.45, 2.75) is 61.9 Å². The van der Waals surface area contributed by atoms with Crippen molar-refractivity contribution >= 4 is 11.6 Å². The van der Waals surface area contributed by atoms with Gasteiger partial charge < -0.3 is 39.4 Å². The van der Waals surface area contributed by atoms with E-state index >= 15 is 0 Å². The first-order valence-electron chi connectivity index (χ1n) is 11.4. The number of ether oxygens (including phenoxy) is 4. The molecule has 0 spiro atoms. The molecule has 2 aliphatic heterocycles. The Morgan fingerprint density at radius 1 is 1.06 bits per heavy atom. The van der Waals surface area contributed by atoms with E-state index in [2.05, 4.69) is 0 Å². The Balaban J connectivity index is 1.35. The van der Waals surface area contributed by atoms with E-state index in [0.29, 0.717) is 29.0 Å².